The summed E-state index contributed by atoms with van der Waals surface area (Å²) >= 11 is 22.1. The quantitative estimate of drug-likeness (QED) is 0.675. The summed E-state index contributed by atoms with van der Waals surface area (Å²) in [6.45, 7) is 0. The van der Waals surface area contributed by atoms with E-state index in [1.165, 1.54) is 24.3 Å². The number of hydrogen-bond donors (Lipinski definition) is 0. The number of hydrogen-bond acceptors (Lipinski definition) is 4. The second-order valence-electron chi connectivity index (χ2n) is 3.77. The first kappa shape index (κ1) is 22.0. The topological polar surface area (TPSA) is 80.3 Å². The number of rotatable bonds is 2. The summed E-state index contributed by atoms with van der Waals surface area (Å²) in [4.78, 5) is 20.7. The fourth-order valence-corrected chi connectivity index (χ4v) is 2.49. The maximum Gasteiger partial charge on any atom is 2.00 e. The molecule has 2 rings (SSSR count). The van der Waals surface area contributed by atoms with Gasteiger partial charge in [-0.15, -0.1) is 0 Å². The summed E-state index contributed by atoms with van der Waals surface area (Å²) in [6, 6.07) is 8.91. The van der Waals surface area contributed by atoms with Crippen molar-refractivity contribution in [2.45, 2.75) is 0 Å². The Morgan fingerprint density at radius 1 is 0.652 bits per heavy atom. The Balaban J connectivity index is 0.000000403. The van der Waals surface area contributed by atoms with Gasteiger partial charge in [0.15, 0.2) is 0 Å². The van der Waals surface area contributed by atoms with Crippen LogP contribution in [0, 0.1) is 0 Å². The third-order valence-corrected chi connectivity index (χ3v) is 3.59. The van der Waals surface area contributed by atoms with Crippen molar-refractivity contribution in [2.75, 3.05) is 0 Å². The van der Waals surface area contributed by atoms with Gasteiger partial charge in [0.1, 0.15) is 0 Å². The van der Waals surface area contributed by atoms with Crippen molar-refractivity contribution < 1.29 is 36.3 Å². The van der Waals surface area contributed by atoms with Gasteiger partial charge >= 0.3 is 16.5 Å². The van der Waals surface area contributed by atoms with E-state index in [1.807, 2.05) is 0 Å². The number of carboxylic acid groups (broad SMARTS) is 2. The number of carboxylic acids is 2. The minimum Gasteiger partial charge on any atom is -0.545 e. The number of aromatic carboxylic acids is 2. The molecule has 0 saturated heterocycles. The minimum absolute atomic E-state index is 0. The molecule has 4 nitrogen and oxygen atoms in total. The van der Waals surface area contributed by atoms with Crippen LogP contribution in [0.4, 0.5) is 0 Å². The molecule has 2 aromatic carbocycles. The average Bonchev–Trinajstić information content (AvgIpc) is 2.38. The van der Waals surface area contributed by atoms with Gasteiger partial charge in [0, 0.05) is 11.1 Å². The molecule has 9 heteroatoms. The van der Waals surface area contributed by atoms with Crippen LogP contribution in [0.15, 0.2) is 36.4 Å². The molecule has 0 unspecified atom stereocenters. The van der Waals surface area contributed by atoms with E-state index >= 15 is 0 Å². The first-order chi connectivity index (χ1) is 10.3. The van der Waals surface area contributed by atoms with E-state index in [9.17, 15) is 19.8 Å². The Labute approximate surface area is 161 Å². The van der Waals surface area contributed by atoms with Crippen LogP contribution in [0.2, 0.25) is 20.1 Å². The maximum atomic E-state index is 10.4. The van der Waals surface area contributed by atoms with Crippen LogP contribution in [0.1, 0.15) is 20.7 Å². The summed E-state index contributed by atoms with van der Waals surface area (Å²) < 4.78 is 0. The zero-order valence-electron chi connectivity index (χ0n) is 10.9. The Hall–Kier alpha value is -0.966. The van der Waals surface area contributed by atoms with E-state index in [-0.39, 0.29) is 47.7 Å². The Morgan fingerprint density at radius 2 is 0.870 bits per heavy atom. The standard InChI is InChI=1S/2C7H4Cl2O2.Ni/c2*8-4-2-1-3-5(9)6(4)7(10)11;/h2*1-3H,(H,10,11);/q;;+2/p-2. The van der Waals surface area contributed by atoms with E-state index < -0.39 is 11.9 Å². The molecule has 0 spiro atoms. The molecule has 0 aliphatic rings. The van der Waals surface area contributed by atoms with Crippen molar-refractivity contribution in [2.24, 2.45) is 0 Å². The van der Waals surface area contributed by atoms with Gasteiger partial charge in [0.25, 0.3) is 0 Å². The van der Waals surface area contributed by atoms with Gasteiger partial charge in [-0.1, -0.05) is 58.5 Å². The number of benzene rings is 2. The van der Waals surface area contributed by atoms with Crippen molar-refractivity contribution in [1.82, 2.24) is 0 Å². The van der Waals surface area contributed by atoms with Gasteiger partial charge in [-0.05, 0) is 24.3 Å². The number of halogens is 4. The van der Waals surface area contributed by atoms with Gasteiger partial charge in [-0.25, -0.2) is 0 Å². The molecule has 0 N–H and O–H groups in total. The Kier molecular flexibility index (Phi) is 9.59. The van der Waals surface area contributed by atoms with E-state index in [0.717, 1.165) is 0 Å². The van der Waals surface area contributed by atoms with Gasteiger partial charge in [-0.3, -0.25) is 0 Å². The molecule has 0 bridgehead atoms. The fourth-order valence-electron chi connectivity index (χ4n) is 1.39. The summed E-state index contributed by atoms with van der Waals surface area (Å²) in [5, 5.41) is 21.1. The van der Waals surface area contributed by atoms with Gasteiger partial charge < -0.3 is 19.8 Å². The molecule has 0 fully saturated rings. The smallest absolute Gasteiger partial charge is 0.545 e. The van der Waals surface area contributed by atoms with Gasteiger partial charge in [0.05, 0.1) is 32.0 Å². The molecule has 0 heterocycles. The second-order valence-corrected chi connectivity index (χ2v) is 5.40. The van der Waals surface area contributed by atoms with E-state index in [0.29, 0.717) is 0 Å². The molecule has 0 amide bonds. The van der Waals surface area contributed by atoms with Gasteiger partial charge in [-0.2, -0.15) is 0 Å². The van der Waals surface area contributed by atoms with E-state index in [1.54, 1.807) is 12.1 Å². The predicted molar refractivity (Wildman–Crippen MR) is 81.6 cm³/mol. The van der Waals surface area contributed by atoms with Crippen LogP contribution in [0.3, 0.4) is 0 Å². The molecule has 0 aliphatic heterocycles. The Bertz CT molecular complexity index is 620. The molecular formula is C14H6Cl4NiO4. The second kappa shape index (κ2) is 10.0. The van der Waals surface area contributed by atoms with Crippen LogP contribution in [-0.4, -0.2) is 11.9 Å². The zero-order valence-corrected chi connectivity index (χ0v) is 14.9. The zero-order chi connectivity index (χ0) is 16.9. The van der Waals surface area contributed by atoms with Gasteiger partial charge in [0.2, 0.25) is 0 Å². The van der Waals surface area contributed by atoms with E-state index in [2.05, 4.69) is 0 Å². The Morgan fingerprint density at radius 3 is 1.00 bits per heavy atom. The van der Waals surface area contributed by atoms with Crippen LogP contribution < -0.4 is 10.2 Å². The minimum atomic E-state index is -1.36. The summed E-state index contributed by atoms with van der Waals surface area (Å²) in [5.74, 6) is -2.72. The van der Waals surface area contributed by atoms with E-state index in [4.69, 9.17) is 46.4 Å². The summed E-state index contributed by atoms with van der Waals surface area (Å²) in [7, 11) is 0. The molecule has 124 valence electrons. The van der Waals surface area contributed by atoms with Crippen molar-refractivity contribution in [3.05, 3.63) is 67.6 Å². The van der Waals surface area contributed by atoms with Crippen molar-refractivity contribution in [3.63, 3.8) is 0 Å². The van der Waals surface area contributed by atoms with Crippen LogP contribution >= 0.6 is 46.4 Å². The molecule has 0 aromatic heterocycles. The molecule has 0 aliphatic carbocycles. The first-order valence-electron chi connectivity index (χ1n) is 5.56. The number of carbonyl (C=O) groups is 2. The molecule has 0 saturated carbocycles. The third-order valence-electron chi connectivity index (χ3n) is 2.33. The molecule has 0 atom stereocenters. The summed E-state index contributed by atoms with van der Waals surface area (Å²) in [6.07, 6.45) is 0. The molecule has 2 aromatic rings. The predicted octanol–water partition coefficient (Wildman–Crippen LogP) is 2.71. The van der Waals surface area contributed by atoms with Crippen molar-refractivity contribution >= 4 is 58.3 Å². The SMILES string of the molecule is O=C([O-])c1c(Cl)cccc1Cl.O=C([O-])c1c(Cl)cccc1Cl.[Ni+2]. The van der Waals surface area contributed by atoms with Crippen LogP contribution in [0.5, 0.6) is 0 Å². The molecule has 23 heavy (non-hydrogen) atoms. The maximum absolute atomic E-state index is 10.4. The monoisotopic (exact) mass is 436 g/mol. The fraction of sp³-hybridized carbons (Fsp3) is 0. The van der Waals surface area contributed by atoms with Crippen molar-refractivity contribution in [1.29, 1.82) is 0 Å². The number of carbonyl (C=O) groups excluding carboxylic acids is 2. The summed E-state index contributed by atoms with van der Waals surface area (Å²) in [5.41, 5.74) is -0.313. The largest absolute Gasteiger partial charge is 2.00 e. The van der Waals surface area contributed by atoms with Crippen molar-refractivity contribution in [3.8, 4) is 0 Å². The third kappa shape index (κ3) is 6.21. The average molecular weight is 439 g/mol. The van der Waals surface area contributed by atoms with Crippen LogP contribution in [0.25, 0.3) is 0 Å². The van der Waals surface area contributed by atoms with Crippen LogP contribution in [-0.2, 0) is 16.5 Å². The first-order valence-corrected chi connectivity index (χ1v) is 7.07. The molecule has 0 radical (unpaired) electrons. The molecular weight excluding hydrogens is 433 g/mol. The normalized spacial score (nSPS) is 9.22.